The summed E-state index contributed by atoms with van der Waals surface area (Å²) in [7, 11) is 1.66. The van der Waals surface area contributed by atoms with E-state index in [1.54, 1.807) is 13.4 Å². The van der Waals surface area contributed by atoms with Crippen LogP contribution in [0.5, 0.6) is 11.5 Å². The van der Waals surface area contributed by atoms with E-state index in [0.29, 0.717) is 23.9 Å². The number of halogens is 1. The van der Waals surface area contributed by atoms with E-state index in [2.05, 4.69) is 15.3 Å². The van der Waals surface area contributed by atoms with Crippen molar-refractivity contribution in [3.05, 3.63) is 35.9 Å². The van der Waals surface area contributed by atoms with Crippen molar-refractivity contribution in [2.45, 2.75) is 65.0 Å². The van der Waals surface area contributed by atoms with Gasteiger partial charge in [0.25, 0.3) is 0 Å². The second-order valence-corrected chi connectivity index (χ2v) is 8.32. The van der Waals surface area contributed by atoms with E-state index >= 15 is 0 Å². The molecule has 1 N–H and O–H groups in total. The van der Waals surface area contributed by atoms with Gasteiger partial charge in [-0.15, -0.1) is 12.4 Å². The van der Waals surface area contributed by atoms with Crippen molar-refractivity contribution in [3.63, 3.8) is 0 Å². The van der Waals surface area contributed by atoms with Gasteiger partial charge in [0.15, 0.2) is 28.8 Å². The maximum Gasteiger partial charge on any atom is 0.222 e. The number of fused-ring (bicyclic) bond motifs is 1. The van der Waals surface area contributed by atoms with Crippen molar-refractivity contribution >= 4 is 24.1 Å². The normalized spacial score (nSPS) is 13.9. The van der Waals surface area contributed by atoms with Crippen LogP contribution in [0.25, 0.3) is 11.5 Å². The van der Waals surface area contributed by atoms with Crippen molar-refractivity contribution in [2.24, 2.45) is 0 Å². The molecular weight excluding hydrogens is 430 g/mol. The molecule has 0 unspecified atom stereocenters. The molecule has 3 aliphatic rings. The van der Waals surface area contributed by atoms with Gasteiger partial charge in [-0.3, -0.25) is 4.79 Å². The number of carbonyl (C=O) groups excluding carboxylic acids is 1. The molecule has 1 fully saturated rings. The van der Waals surface area contributed by atoms with Crippen LogP contribution >= 0.6 is 12.4 Å². The van der Waals surface area contributed by atoms with Crippen LogP contribution in [0.1, 0.15) is 63.8 Å². The predicted octanol–water partition coefficient (Wildman–Crippen LogP) is 4.66. The molecule has 1 aliphatic carbocycles. The van der Waals surface area contributed by atoms with Crippen molar-refractivity contribution in [2.75, 3.05) is 12.4 Å². The number of aromatic nitrogens is 4. The van der Waals surface area contributed by atoms with Crippen LogP contribution in [-0.2, 0) is 11.3 Å². The Morgan fingerprint density at radius 3 is 2.62 bits per heavy atom. The summed E-state index contributed by atoms with van der Waals surface area (Å²) >= 11 is 0. The number of rotatable bonds is 7. The van der Waals surface area contributed by atoms with Gasteiger partial charge in [0, 0.05) is 12.8 Å². The van der Waals surface area contributed by atoms with E-state index in [1.807, 2.05) is 36.6 Å². The third-order valence-electron chi connectivity index (χ3n) is 5.47. The molecule has 32 heavy (non-hydrogen) atoms. The summed E-state index contributed by atoms with van der Waals surface area (Å²) < 4.78 is 13.7. The minimum Gasteiger partial charge on any atom is -0.493 e. The third kappa shape index (κ3) is 5.12. The van der Waals surface area contributed by atoms with Gasteiger partial charge in [-0.25, -0.2) is 15.0 Å². The molecule has 1 aromatic rings. The smallest absolute Gasteiger partial charge is 0.222 e. The molecule has 0 bridgehead atoms. The average molecular weight is 460 g/mol. The molecule has 0 spiro atoms. The topological polar surface area (TPSA) is 91.2 Å². The maximum atomic E-state index is 11.6. The predicted molar refractivity (Wildman–Crippen MR) is 125 cm³/mol. The Hall–Kier alpha value is -2.87. The zero-order chi connectivity index (χ0) is 22.0. The van der Waals surface area contributed by atoms with Gasteiger partial charge in [0.05, 0.1) is 26.1 Å². The van der Waals surface area contributed by atoms with E-state index in [1.165, 1.54) is 19.8 Å². The van der Waals surface area contributed by atoms with Gasteiger partial charge in [-0.1, -0.05) is 19.9 Å². The summed E-state index contributed by atoms with van der Waals surface area (Å²) in [5, 5.41) is 2.75. The number of benzene rings is 1. The monoisotopic (exact) mass is 459 g/mol. The lowest BCUT2D eigenvalue weighted by Crippen LogP contribution is -2.14. The van der Waals surface area contributed by atoms with Crippen molar-refractivity contribution in [1.82, 2.24) is 19.5 Å². The first-order chi connectivity index (χ1) is 14.9. The summed E-state index contributed by atoms with van der Waals surface area (Å²) in [6, 6.07) is 5.98. The quantitative estimate of drug-likeness (QED) is 0.552. The SMILES string of the molecule is COc1ccc(Cn2cnc(NC(C)=O)c3nc(C(C)C)nc2-3)cc1OC1CCCC1.Cl. The number of hydrogen-bond acceptors (Lipinski definition) is 6. The Balaban J connectivity index is 0.00000289. The van der Waals surface area contributed by atoms with Gasteiger partial charge >= 0.3 is 0 Å². The number of nitrogens with one attached hydrogen (secondary N) is 1. The molecular formula is C23H30ClN5O3. The Labute approximate surface area is 194 Å². The molecule has 0 aromatic heterocycles. The van der Waals surface area contributed by atoms with E-state index in [9.17, 15) is 4.79 Å². The molecule has 1 amide bonds. The summed E-state index contributed by atoms with van der Waals surface area (Å²) in [6.07, 6.45) is 6.52. The summed E-state index contributed by atoms with van der Waals surface area (Å²) in [4.78, 5) is 25.4. The molecule has 1 aromatic carbocycles. The van der Waals surface area contributed by atoms with Crippen LogP contribution in [0.2, 0.25) is 0 Å². The van der Waals surface area contributed by atoms with E-state index < -0.39 is 0 Å². The highest BCUT2D eigenvalue weighted by Crippen LogP contribution is 2.34. The fraction of sp³-hybridized carbons (Fsp3) is 0.478. The Morgan fingerprint density at radius 1 is 1.22 bits per heavy atom. The van der Waals surface area contributed by atoms with Crippen LogP contribution in [-0.4, -0.2) is 38.6 Å². The number of amides is 1. The fourth-order valence-corrected chi connectivity index (χ4v) is 3.88. The number of methoxy groups -OCH3 is 1. The van der Waals surface area contributed by atoms with Gasteiger partial charge in [-0.05, 0) is 43.4 Å². The molecule has 0 radical (unpaired) electrons. The van der Waals surface area contributed by atoms with Crippen molar-refractivity contribution in [3.8, 4) is 23.0 Å². The summed E-state index contributed by atoms with van der Waals surface area (Å²) in [6.45, 7) is 6.09. The summed E-state index contributed by atoms with van der Waals surface area (Å²) in [5.41, 5.74) is 1.64. The lowest BCUT2D eigenvalue weighted by Gasteiger charge is -2.18. The van der Waals surface area contributed by atoms with Gasteiger partial charge in [-0.2, -0.15) is 0 Å². The van der Waals surface area contributed by atoms with Crippen molar-refractivity contribution in [1.29, 1.82) is 0 Å². The molecule has 2 aliphatic heterocycles. The first-order valence-electron chi connectivity index (χ1n) is 10.8. The lowest BCUT2D eigenvalue weighted by molar-refractivity contribution is -0.114. The standard InChI is InChI=1S/C23H29N5O3.ClH/c1-14(2)21-26-20-22(25-15(3)29)24-13-28(23(20)27-21)12-16-9-10-18(30-4)19(11-16)31-17-7-5-6-8-17;/h9-11,13-14,17H,5-8,12H2,1-4H3,(H,25,29);1H. The molecule has 9 heteroatoms. The molecule has 1 saturated carbocycles. The largest absolute Gasteiger partial charge is 0.493 e. The third-order valence-corrected chi connectivity index (χ3v) is 5.47. The molecule has 0 saturated heterocycles. The summed E-state index contributed by atoms with van der Waals surface area (Å²) in [5.74, 6) is 3.32. The number of nitrogens with zero attached hydrogens (tertiary/aromatic N) is 4. The Morgan fingerprint density at radius 2 is 1.97 bits per heavy atom. The van der Waals surface area contributed by atoms with Crippen LogP contribution in [0.3, 0.4) is 0 Å². The van der Waals surface area contributed by atoms with Gasteiger partial charge in [0.1, 0.15) is 5.82 Å². The number of hydrogen-bond donors (Lipinski definition) is 1. The Bertz CT molecular complexity index is 1050. The molecule has 4 rings (SSSR count). The van der Waals surface area contributed by atoms with E-state index in [0.717, 1.165) is 35.7 Å². The van der Waals surface area contributed by atoms with Crippen molar-refractivity contribution < 1.29 is 14.3 Å². The zero-order valence-electron chi connectivity index (χ0n) is 18.9. The van der Waals surface area contributed by atoms with Crippen LogP contribution in [0, 0.1) is 0 Å². The van der Waals surface area contributed by atoms with Gasteiger partial charge in [0.2, 0.25) is 5.91 Å². The van der Waals surface area contributed by atoms with E-state index in [4.69, 9.17) is 14.5 Å². The lowest BCUT2D eigenvalue weighted by atomic mass is 10.2. The second kappa shape index (κ2) is 10.2. The molecule has 2 heterocycles. The molecule has 8 nitrogen and oxygen atoms in total. The number of anilines is 1. The highest BCUT2D eigenvalue weighted by Gasteiger charge is 2.23. The number of carbonyl (C=O) groups is 1. The first-order valence-corrected chi connectivity index (χ1v) is 10.8. The average Bonchev–Trinajstić information content (AvgIpc) is 3.40. The molecule has 0 atom stereocenters. The second-order valence-electron chi connectivity index (χ2n) is 8.32. The van der Waals surface area contributed by atoms with Crippen LogP contribution < -0.4 is 14.8 Å². The minimum atomic E-state index is -0.190. The zero-order valence-corrected chi connectivity index (χ0v) is 19.7. The highest BCUT2D eigenvalue weighted by atomic mass is 35.5. The number of ether oxygens (including phenoxy) is 2. The van der Waals surface area contributed by atoms with Crippen LogP contribution in [0.15, 0.2) is 24.5 Å². The maximum absolute atomic E-state index is 11.6. The van der Waals surface area contributed by atoms with Crippen LogP contribution in [0.4, 0.5) is 5.82 Å². The van der Waals surface area contributed by atoms with E-state index in [-0.39, 0.29) is 30.3 Å². The fourth-order valence-electron chi connectivity index (χ4n) is 3.88. The number of imidazole rings is 1. The van der Waals surface area contributed by atoms with Gasteiger partial charge < -0.3 is 19.4 Å². The minimum absolute atomic E-state index is 0. The Kier molecular flexibility index (Phi) is 7.56. The first kappa shape index (κ1) is 23.8. The molecule has 172 valence electrons. The highest BCUT2D eigenvalue weighted by molar-refractivity contribution is 5.91.